The predicted octanol–water partition coefficient (Wildman–Crippen LogP) is 4.07. The van der Waals surface area contributed by atoms with Crippen LogP contribution in [-0.4, -0.2) is 42.3 Å². The molecule has 6 heteroatoms. The minimum atomic E-state index is -0.229. The maximum Gasteiger partial charge on any atom is 0.293 e. The first-order chi connectivity index (χ1) is 13.6. The molecule has 0 saturated carbocycles. The highest BCUT2D eigenvalue weighted by atomic mass is 32.2. The predicted molar refractivity (Wildman–Crippen MR) is 112 cm³/mol. The first-order valence-corrected chi connectivity index (χ1v) is 10.2. The highest BCUT2D eigenvalue weighted by Crippen LogP contribution is 2.33. The average Bonchev–Trinajstić information content (AvgIpc) is 2.98. The summed E-state index contributed by atoms with van der Waals surface area (Å²) >= 11 is 1.00. The minimum absolute atomic E-state index is 0.221. The van der Waals surface area contributed by atoms with E-state index in [1.54, 1.807) is 6.08 Å². The fourth-order valence-electron chi connectivity index (χ4n) is 3.27. The van der Waals surface area contributed by atoms with Crippen molar-refractivity contribution in [2.24, 2.45) is 0 Å². The fraction of sp³-hybridized carbons (Fsp3) is 0.273. The topological polar surface area (TPSA) is 49.9 Å². The Morgan fingerprint density at radius 3 is 2.36 bits per heavy atom. The number of hydrogen-bond donors (Lipinski definition) is 0. The number of carbonyl (C=O) groups excluding carboxylic acids is 2. The van der Waals surface area contributed by atoms with Gasteiger partial charge in [0.2, 0.25) is 0 Å². The third kappa shape index (κ3) is 4.13. The van der Waals surface area contributed by atoms with Crippen molar-refractivity contribution < 1.29 is 14.3 Å². The number of imide groups is 1. The van der Waals surface area contributed by atoms with Crippen molar-refractivity contribution in [2.75, 3.05) is 31.2 Å². The summed E-state index contributed by atoms with van der Waals surface area (Å²) in [7, 11) is 0. The van der Waals surface area contributed by atoms with E-state index in [4.69, 9.17) is 4.74 Å². The van der Waals surface area contributed by atoms with Crippen molar-refractivity contribution in [3.05, 3.63) is 70.1 Å². The van der Waals surface area contributed by atoms with Gasteiger partial charge in [-0.25, -0.2) is 0 Å². The Labute approximate surface area is 169 Å². The lowest BCUT2D eigenvalue weighted by atomic mass is 10.1. The second-order valence-corrected chi connectivity index (χ2v) is 7.94. The van der Waals surface area contributed by atoms with Gasteiger partial charge in [0.1, 0.15) is 0 Å². The number of rotatable bonds is 4. The highest BCUT2D eigenvalue weighted by molar-refractivity contribution is 8.18. The molecule has 0 N–H and O–H groups in total. The first-order valence-electron chi connectivity index (χ1n) is 9.34. The number of morpholine rings is 1. The van der Waals surface area contributed by atoms with E-state index in [0.717, 1.165) is 60.4 Å². The second-order valence-electron chi connectivity index (χ2n) is 6.94. The number of ether oxygens (including phenoxy) is 1. The zero-order chi connectivity index (χ0) is 19.5. The standard InChI is InChI=1S/C22H22N2O3S/c1-16-2-4-18(5-3-16)15-24-21(25)20(28-22(24)26)14-17-6-8-19(9-7-17)23-10-12-27-13-11-23/h2-9,14H,10-13,15H2,1H3. The van der Waals surface area contributed by atoms with Crippen LogP contribution in [0.15, 0.2) is 53.4 Å². The smallest absolute Gasteiger partial charge is 0.293 e. The molecule has 2 heterocycles. The molecule has 2 aliphatic heterocycles. The fourth-order valence-corrected chi connectivity index (χ4v) is 4.10. The van der Waals surface area contributed by atoms with E-state index in [2.05, 4.69) is 4.90 Å². The molecular formula is C22H22N2O3S. The molecule has 0 radical (unpaired) electrons. The van der Waals surface area contributed by atoms with E-state index >= 15 is 0 Å². The van der Waals surface area contributed by atoms with Crippen LogP contribution in [0.1, 0.15) is 16.7 Å². The Bertz CT molecular complexity index is 900. The Morgan fingerprint density at radius 1 is 1.00 bits per heavy atom. The van der Waals surface area contributed by atoms with Crippen LogP contribution in [0.5, 0.6) is 0 Å². The van der Waals surface area contributed by atoms with Crippen LogP contribution in [0, 0.1) is 6.92 Å². The van der Waals surface area contributed by atoms with Gasteiger partial charge in [-0.2, -0.15) is 0 Å². The van der Waals surface area contributed by atoms with E-state index in [1.165, 1.54) is 4.90 Å². The molecule has 0 bridgehead atoms. The van der Waals surface area contributed by atoms with Gasteiger partial charge in [-0.15, -0.1) is 0 Å². The molecule has 5 nitrogen and oxygen atoms in total. The number of carbonyl (C=O) groups is 2. The van der Waals surface area contributed by atoms with Crippen LogP contribution in [0.2, 0.25) is 0 Å². The number of anilines is 1. The molecule has 2 fully saturated rings. The SMILES string of the molecule is Cc1ccc(CN2C(=O)SC(=Cc3ccc(N4CCOCC4)cc3)C2=O)cc1. The lowest BCUT2D eigenvalue weighted by molar-refractivity contribution is -0.123. The lowest BCUT2D eigenvalue weighted by Crippen LogP contribution is -2.36. The van der Waals surface area contributed by atoms with Gasteiger partial charge < -0.3 is 9.64 Å². The Balaban J connectivity index is 1.46. The van der Waals surface area contributed by atoms with Crippen molar-refractivity contribution in [1.82, 2.24) is 4.90 Å². The molecule has 2 aromatic carbocycles. The van der Waals surface area contributed by atoms with E-state index in [0.29, 0.717) is 11.4 Å². The van der Waals surface area contributed by atoms with Crippen LogP contribution >= 0.6 is 11.8 Å². The molecule has 0 aromatic heterocycles. The van der Waals surface area contributed by atoms with Gasteiger partial charge in [0.15, 0.2) is 0 Å². The lowest BCUT2D eigenvalue weighted by Gasteiger charge is -2.28. The molecule has 2 aliphatic rings. The van der Waals surface area contributed by atoms with Gasteiger partial charge in [0, 0.05) is 18.8 Å². The molecule has 2 amide bonds. The number of aryl methyl sites for hydroxylation is 1. The van der Waals surface area contributed by atoms with Crippen LogP contribution in [0.3, 0.4) is 0 Å². The van der Waals surface area contributed by atoms with Gasteiger partial charge in [0.25, 0.3) is 11.1 Å². The summed E-state index contributed by atoms with van der Waals surface area (Å²) in [6.07, 6.45) is 1.79. The molecule has 4 rings (SSSR count). The van der Waals surface area contributed by atoms with E-state index < -0.39 is 0 Å². The summed E-state index contributed by atoms with van der Waals surface area (Å²) in [6.45, 7) is 5.58. The van der Waals surface area contributed by atoms with E-state index in [-0.39, 0.29) is 11.1 Å². The summed E-state index contributed by atoms with van der Waals surface area (Å²) in [6, 6.07) is 15.9. The number of thioether (sulfide) groups is 1. The monoisotopic (exact) mass is 394 g/mol. The molecule has 2 aromatic rings. The van der Waals surface area contributed by atoms with Gasteiger partial charge >= 0.3 is 0 Å². The van der Waals surface area contributed by atoms with Crippen LogP contribution in [0.4, 0.5) is 10.5 Å². The highest BCUT2D eigenvalue weighted by Gasteiger charge is 2.34. The number of hydrogen-bond acceptors (Lipinski definition) is 5. The minimum Gasteiger partial charge on any atom is -0.378 e. The zero-order valence-electron chi connectivity index (χ0n) is 15.8. The van der Waals surface area contributed by atoms with Crippen molar-refractivity contribution in [2.45, 2.75) is 13.5 Å². The quantitative estimate of drug-likeness (QED) is 0.732. The molecule has 0 atom stereocenters. The van der Waals surface area contributed by atoms with Crippen molar-refractivity contribution in [3.8, 4) is 0 Å². The zero-order valence-corrected chi connectivity index (χ0v) is 16.6. The largest absolute Gasteiger partial charge is 0.378 e. The Morgan fingerprint density at radius 2 is 1.68 bits per heavy atom. The molecule has 0 spiro atoms. The summed E-state index contributed by atoms with van der Waals surface area (Å²) in [5, 5.41) is -0.221. The van der Waals surface area contributed by atoms with Crippen LogP contribution in [0.25, 0.3) is 6.08 Å². The Hall–Kier alpha value is -2.57. The van der Waals surface area contributed by atoms with Crippen molar-refractivity contribution in [1.29, 1.82) is 0 Å². The maximum atomic E-state index is 12.7. The molecule has 2 saturated heterocycles. The van der Waals surface area contributed by atoms with E-state index in [1.807, 2.05) is 55.5 Å². The maximum absolute atomic E-state index is 12.7. The van der Waals surface area contributed by atoms with Gasteiger partial charge in [-0.3, -0.25) is 14.5 Å². The number of nitrogens with zero attached hydrogens (tertiary/aromatic N) is 2. The average molecular weight is 394 g/mol. The number of amides is 2. The molecule has 144 valence electrons. The van der Waals surface area contributed by atoms with Crippen molar-refractivity contribution in [3.63, 3.8) is 0 Å². The van der Waals surface area contributed by atoms with Gasteiger partial charge in [-0.05, 0) is 48.0 Å². The molecule has 0 unspecified atom stereocenters. The van der Waals surface area contributed by atoms with Crippen LogP contribution < -0.4 is 4.90 Å². The van der Waals surface area contributed by atoms with Crippen LogP contribution in [-0.2, 0) is 16.1 Å². The normalized spacial score (nSPS) is 19.0. The van der Waals surface area contributed by atoms with Gasteiger partial charge in [-0.1, -0.05) is 42.0 Å². The second kappa shape index (κ2) is 8.20. The van der Waals surface area contributed by atoms with Crippen molar-refractivity contribution >= 4 is 34.7 Å². The third-order valence-electron chi connectivity index (χ3n) is 4.90. The summed E-state index contributed by atoms with van der Waals surface area (Å²) in [4.78, 5) is 29.1. The summed E-state index contributed by atoms with van der Waals surface area (Å²) < 4.78 is 5.39. The summed E-state index contributed by atoms with van der Waals surface area (Å²) in [5.74, 6) is -0.229. The first kappa shape index (κ1) is 18.8. The third-order valence-corrected chi connectivity index (χ3v) is 5.81. The molecule has 0 aliphatic carbocycles. The van der Waals surface area contributed by atoms with E-state index in [9.17, 15) is 9.59 Å². The Kier molecular flexibility index (Phi) is 5.50. The number of benzene rings is 2. The van der Waals surface area contributed by atoms with Gasteiger partial charge in [0.05, 0.1) is 24.7 Å². The molecule has 28 heavy (non-hydrogen) atoms. The summed E-state index contributed by atoms with van der Waals surface area (Å²) in [5.41, 5.74) is 4.16. The molecular weight excluding hydrogens is 372 g/mol.